The largest absolute Gasteiger partial charge is 0.289 e. The molecule has 0 aromatic carbocycles. The van der Waals surface area contributed by atoms with E-state index in [4.69, 9.17) is 0 Å². The molecule has 3 aromatic heterocycles. The van der Waals surface area contributed by atoms with Gasteiger partial charge in [-0.2, -0.15) is 5.10 Å². The van der Waals surface area contributed by atoms with Crippen LogP contribution < -0.4 is 0 Å². The summed E-state index contributed by atoms with van der Waals surface area (Å²) in [6, 6.07) is 3.05. The van der Waals surface area contributed by atoms with Crippen LogP contribution in [0.15, 0.2) is 29.8 Å². The van der Waals surface area contributed by atoms with Gasteiger partial charge < -0.3 is 0 Å². The zero-order valence-electron chi connectivity index (χ0n) is 15.8. The van der Waals surface area contributed by atoms with Crippen molar-refractivity contribution in [3.63, 3.8) is 0 Å². The lowest BCUT2D eigenvalue weighted by Gasteiger charge is -2.36. The maximum atomic E-state index is 4.68. The summed E-state index contributed by atoms with van der Waals surface area (Å²) in [7, 11) is 0. The third kappa shape index (κ3) is 3.02. The Morgan fingerprint density at radius 3 is 2.81 bits per heavy atom. The predicted molar refractivity (Wildman–Crippen MR) is 106 cm³/mol. The summed E-state index contributed by atoms with van der Waals surface area (Å²) in [6.07, 6.45) is 10.7. The third-order valence-corrected chi connectivity index (χ3v) is 6.73. The number of hydrogen-bond acceptors (Lipinski definition) is 6. The Kier molecular flexibility index (Phi) is 4.36. The minimum absolute atomic E-state index is 0.425. The van der Waals surface area contributed by atoms with Gasteiger partial charge in [0, 0.05) is 66.6 Å². The van der Waals surface area contributed by atoms with Crippen LogP contribution in [0.1, 0.15) is 54.7 Å². The first-order chi connectivity index (χ1) is 13.2. The summed E-state index contributed by atoms with van der Waals surface area (Å²) >= 11 is 1.73. The molecule has 5 heterocycles. The van der Waals surface area contributed by atoms with Gasteiger partial charge in [-0.05, 0) is 26.2 Å². The summed E-state index contributed by atoms with van der Waals surface area (Å²) in [6.45, 7) is 5.12. The maximum Gasteiger partial charge on any atom is 0.187 e. The molecule has 0 radical (unpaired) electrons. The van der Waals surface area contributed by atoms with E-state index in [2.05, 4.69) is 48.7 Å². The average Bonchev–Trinajstić information content (AvgIpc) is 3.19. The van der Waals surface area contributed by atoms with Gasteiger partial charge in [-0.1, -0.05) is 18.7 Å². The van der Waals surface area contributed by atoms with Crippen LogP contribution in [0.25, 0.3) is 5.65 Å². The highest BCUT2D eigenvalue weighted by atomic mass is 32.2. The molecule has 0 aliphatic carbocycles. The number of nitrogens with zero attached hydrogens (tertiary/aromatic N) is 6. The average molecular weight is 381 g/mol. The fourth-order valence-electron chi connectivity index (χ4n) is 4.45. The van der Waals surface area contributed by atoms with Gasteiger partial charge >= 0.3 is 0 Å². The van der Waals surface area contributed by atoms with Crippen LogP contribution in [0.3, 0.4) is 0 Å². The molecule has 5 rings (SSSR count). The summed E-state index contributed by atoms with van der Waals surface area (Å²) < 4.78 is 2.07. The fraction of sp³-hybridized carbons (Fsp3) is 0.500. The Morgan fingerprint density at radius 2 is 2.00 bits per heavy atom. The maximum absolute atomic E-state index is 4.68. The van der Waals surface area contributed by atoms with E-state index >= 15 is 0 Å². The number of rotatable bonds is 5. The quantitative estimate of drug-likeness (QED) is 0.498. The molecular weight excluding hydrogens is 356 g/mol. The number of fused-ring (bicyclic) bond motifs is 6. The molecule has 1 saturated heterocycles. The van der Waals surface area contributed by atoms with Gasteiger partial charge in [0.25, 0.3) is 0 Å². The number of aryl methyl sites for hydroxylation is 1. The van der Waals surface area contributed by atoms with Crippen LogP contribution in [0, 0.1) is 6.92 Å². The summed E-state index contributed by atoms with van der Waals surface area (Å²) in [5.74, 6) is 1.07. The standard InChI is InChI=1S/C20H24N6S/c1-3-6-27-20-22-9-14(10-23-20)12-25-15-4-5-17(25)16-11-21-19-7-13(2)24-26(19)18(16)8-15/h7,9-11,15,17H,3-6,8,12H2,1-2H3/t15-,17-/m0/s1. The second kappa shape index (κ2) is 6.87. The van der Waals surface area contributed by atoms with Crippen LogP contribution in [0.2, 0.25) is 0 Å². The van der Waals surface area contributed by atoms with E-state index in [1.807, 2.05) is 19.3 Å². The van der Waals surface area contributed by atoms with E-state index in [-0.39, 0.29) is 0 Å². The molecule has 27 heavy (non-hydrogen) atoms. The molecule has 6 nitrogen and oxygen atoms in total. The molecule has 3 aromatic rings. The molecule has 0 N–H and O–H groups in total. The number of hydrogen-bond donors (Lipinski definition) is 0. The van der Waals surface area contributed by atoms with E-state index in [1.165, 1.54) is 29.7 Å². The van der Waals surface area contributed by atoms with E-state index in [1.54, 1.807) is 11.8 Å². The van der Waals surface area contributed by atoms with Crippen molar-refractivity contribution in [1.82, 2.24) is 29.5 Å². The van der Waals surface area contributed by atoms with E-state index < -0.39 is 0 Å². The summed E-state index contributed by atoms with van der Waals surface area (Å²) in [5, 5.41) is 5.56. The molecule has 2 aliphatic rings. The Labute approximate surface area is 163 Å². The van der Waals surface area contributed by atoms with Gasteiger partial charge in [-0.15, -0.1) is 0 Å². The Balaban J connectivity index is 1.40. The second-order valence-corrected chi connectivity index (χ2v) is 8.62. The highest BCUT2D eigenvalue weighted by molar-refractivity contribution is 7.99. The van der Waals surface area contributed by atoms with Crippen LogP contribution >= 0.6 is 11.8 Å². The molecule has 1 fully saturated rings. The number of thioether (sulfide) groups is 1. The van der Waals surface area contributed by atoms with Crippen molar-refractivity contribution in [2.75, 3.05) is 5.75 Å². The highest BCUT2D eigenvalue weighted by Gasteiger charge is 2.41. The van der Waals surface area contributed by atoms with Gasteiger partial charge in [0.2, 0.25) is 0 Å². The zero-order chi connectivity index (χ0) is 18.4. The molecule has 7 heteroatoms. The molecule has 0 spiro atoms. The lowest BCUT2D eigenvalue weighted by molar-refractivity contribution is 0.164. The monoisotopic (exact) mass is 380 g/mol. The fourth-order valence-corrected chi connectivity index (χ4v) is 5.09. The molecule has 0 saturated carbocycles. The van der Waals surface area contributed by atoms with Crippen LogP contribution in [0.5, 0.6) is 0 Å². The zero-order valence-corrected chi connectivity index (χ0v) is 16.6. The van der Waals surface area contributed by atoms with Crippen LogP contribution in [0.4, 0.5) is 0 Å². The van der Waals surface area contributed by atoms with Crippen molar-refractivity contribution in [3.8, 4) is 0 Å². The predicted octanol–water partition coefficient (Wildman–Crippen LogP) is 3.59. The Morgan fingerprint density at radius 1 is 1.15 bits per heavy atom. The SMILES string of the molecule is CCCSc1ncc(CN2[C@H]3CC[C@H]2c2cnc4cc(C)nn4c2C3)cn1. The molecule has 2 bridgehead atoms. The minimum atomic E-state index is 0.425. The summed E-state index contributed by atoms with van der Waals surface area (Å²) in [5.41, 5.74) is 5.88. The molecule has 0 unspecified atom stereocenters. The van der Waals surface area contributed by atoms with Crippen molar-refractivity contribution in [2.24, 2.45) is 0 Å². The number of aromatic nitrogens is 5. The highest BCUT2D eigenvalue weighted by Crippen LogP contribution is 2.44. The van der Waals surface area contributed by atoms with Crippen molar-refractivity contribution >= 4 is 17.4 Å². The third-order valence-electron chi connectivity index (χ3n) is 5.65. The Hall–Kier alpha value is -1.99. The molecular formula is C20H24N6S. The molecule has 2 aliphatic heterocycles. The van der Waals surface area contributed by atoms with Crippen LogP contribution in [-0.4, -0.2) is 41.3 Å². The topological polar surface area (TPSA) is 59.2 Å². The second-order valence-electron chi connectivity index (χ2n) is 7.56. The van der Waals surface area contributed by atoms with Crippen molar-refractivity contribution in [1.29, 1.82) is 0 Å². The van der Waals surface area contributed by atoms with Crippen LogP contribution in [-0.2, 0) is 13.0 Å². The van der Waals surface area contributed by atoms with Crippen molar-refractivity contribution in [2.45, 2.75) is 63.3 Å². The van der Waals surface area contributed by atoms with Gasteiger partial charge in [-0.3, -0.25) is 4.90 Å². The van der Waals surface area contributed by atoms with E-state index in [9.17, 15) is 0 Å². The van der Waals surface area contributed by atoms with E-state index in [0.29, 0.717) is 12.1 Å². The van der Waals surface area contributed by atoms with Crippen molar-refractivity contribution in [3.05, 3.63) is 47.2 Å². The molecule has 140 valence electrons. The lowest BCUT2D eigenvalue weighted by Crippen LogP contribution is -2.38. The molecule has 0 amide bonds. The first kappa shape index (κ1) is 17.1. The van der Waals surface area contributed by atoms with Gasteiger partial charge in [0.1, 0.15) is 0 Å². The Bertz CT molecular complexity index is 967. The first-order valence-electron chi connectivity index (χ1n) is 9.76. The first-order valence-corrected chi connectivity index (χ1v) is 10.7. The van der Waals surface area contributed by atoms with Gasteiger partial charge in [0.15, 0.2) is 10.8 Å². The lowest BCUT2D eigenvalue weighted by atomic mass is 9.98. The van der Waals surface area contributed by atoms with Gasteiger partial charge in [0.05, 0.1) is 11.4 Å². The smallest absolute Gasteiger partial charge is 0.187 e. The van der Waals surface area contributed by atoms with Crippen molar-refractivity contribution < 1.29 is 0 Å². The van der Waals surface area contributed by atoms with E-state index in [0.717, 1.165) is 41.6 Å². The molecule has 2 atom stereocenters. The normalized spacial score (nSPS) is 21.7. The van der Waals surface area contributed by atoms with Gasteiger partial charge in [-0.25, -0.2) is 19.5 Å². The minimum Gasteiger partial charge on any atom is -0.289 e. The summed E-state index contributed by atoms with van der Waals surface area (Å²) in [4.78, 5) is 16.4.